The van der Waals surface area contributed by atoms with E-state index in [1.165, 1.54) is 30.5 Å². The van der Waals surface area contributed by atoms with Crippen LogP contribution in [-0.2, 0) is 19.6 Å². The minimum Gasteiger partial charge on any atom is -0.490 e. The molecule has 4 rings (SSSR count). The first-order valence-corrected chi connectivity index (χ1v) is 10.7. The first-order chi connectivity index (χ1) is 15.0. The summed E-state index contributed by atoms with van der Waals surface area (Å²) in [7, 11) is -4.03. The summed E-state index contributed by atoms with van der Waals surface area (Å²) >= 11 is 0. The molecule has 0 saturated heterocycles. The number of hydrogen-bond donors (Lipinski definition) is 0. The molecular formula is C22H17NO7S. The number of furan rings is 1. The molecule has 0 unspecified atom stereocenters. The third kappa shape index (κ3) is 4.51. The van der Waals surface area contributed by atoms with Crippen molar-refractivity contribution in [2.45, 2.75) is 11.8 Å². The summed E-state index contributed by atoms with van der Waals surface area (Å²) in [4.78, 5) is 16.3. The lowest BCUT2D eigenvalue weighted by molar-refractivity contribution is -0.130. The SMILES string of the molecule is CCOc1cc(/C=C2/N=C(c3ccco3)OC2=O)ccc1OS(=O)(=O)c1ccccc1. The van der Waals surface area contributed by atoms with Crippen molar-refractivity contribution in [3.8, 4) is 11.5 Å². The fraction of sp³-hybridized carbons (Fsp3) is 0.0909. The Bertz CT molecular complexity index is 1260. The fourth-order valence-corrected chi connectivity index (χ4v) is 3.74. The molecule has 0 bridgehead atoms. The first-order valence-electron chi connectivity index (χ1n) is 9.29. The number of benzene rings is 2. The van der Waals surface area contributed by atoms with Gasteiger partial charge in [0.25, 0.3) is 5.90 Å². The highest BCUT2D eigenvalue weighted by Crippen LogP contribution is 2.32. The van der Waals surface area contributed by atoms with E-state index in [9.17, 15) is 13.2 Å². The largest absolute Gasteiger partial charge is 0.490 e. The number of hydrogen-bond acceptors (Lipinski definition) is 8. The van der Waals surface area contributed by atoms with Crippen LogP contribution in [0.4, 0.5) is 0 Å². The van der Waals surface area contributed by atoms with Crippen LogP contribution >= 0.6 is 0 Å². The zero-order valence-corrected chi connectivity index (χ0v) is 17.2. The van der Waals surface area contributed by atoms with E-state index in [0.717, 1.165) is 0 Å². The van der Waals surface area contributed by atoms with Gasteiger partial charge in [0.1, 0.15) is 4.90 Å². The molecule has 8 nitrogen and oxygen atoms in total. The van der Waals surface area contributed by atoms with E-state index in [1.54, 1.807) is 49.4 Å². The number of carbonyl (C=O) groups excluding carboxylic acids is 1. The third-order valence-corrected chi connectivity index (χ3v) is 5.40. The van der Waals surface area contributed by atoms with Gasteiger partial charge in [-0.1, -0.05) is 24.3 Å². The second-order valence-corrected chi connectivity index (χ2v) is 7.85. The maximum absolute atomic E-state index is 12.5. The Morgan fingerprint density at radius 2 is 1.84 bits per heavy atom. The van der Waals surface area contributed by atoms with Gasteiger partial charge in [-0.15, -0.1) is 0 Å². The van der Waals surface area contributed by atoms with Gasteiger partial charge in [-0.05, 0) is 55.0 Å². The molecule has 9 heteroatoms. The molecule has 0 saturated carbocycles. The van der Waals surface area contributed by atoms with Crippen molar-refractivity contribution in [2.24, 2.45) is 4.99 Å². The Kier molecular flexibility index (Phi) is 5.59. The first kappa shape index (κ1) is 20.4. The summed E-state index contributed by atoms with van der Waals surface area (Å²) in [6, 6.07) is 15.7. The summed E-state index contributed by atoms with van der Waals surface area (Å²) in [6.07, 6.45) is 2.94. The van der Waals surface area contributed by atoms with Crippen LogP contribution < -0.4 is 8.92 Å². The van der Waals surface area contributed by atoms with Crippen LogP contribution in [0.25, 0.3) is 6.08 Å². The highest BCUT2D eigenvalue weighted by atomic mass is 32.2. The van der Waals surface area contributed by atoms with Crippen LogP contribution in [0.15, 0.2) is 86.9 Å². The van der Waals surface area contributed by atoms with Gasteiger partial charge in [-0.25, -0.2) is 9.79 Å². The van der Waals surface area contributed by atoms with Crippen LogP contribution in [-0.4, -0.2) is 26.9 Å². The van der Waals surface area contributed by atoms with Gasteiger partial charge in [0.2, 0.25) is 0 Å². The second-order valence-electron chi connectivity index (χ2n) is 6.30. The van der Waals surface area contributed by atoms with E-state index in [-0.39, 0.29) is 34.6 Å². The Labute approximate surface area is 178 Å². The zero-order valence-electron chi connectivity index (χ0n) is 16.3. The molecule has 31 heavy (non-hydrogen) atoms. The van der Waals surface area contributed by atoms with Gasteiger partial charge in [-0.2, -0.15) is 8.42 Å². The van der Waals surface area contributed by atoms with Crippen molar-refractivity contribution in [3.05, 3.63) is 83.9 Å². The van der Waals surface area contributed by atoms with Crippen LogP contribution in [0.1, 0.15) is 18.2 Å². The lowest BCUT2D eigenvalue weighted by Crippen LogP contribution is -2.10. The predicted molar refractivity (Wildman–Crippen MR) is 111 cm³/mol. The molecule has 0 spiro atoms. The predicted octanol–water partition coefficient (Wildman–Crippen LogP) is 3.79. The standard InChI is InChI=1S/C22H17NO7S/c1-2-27-20-14-15(13-17-22(24)29-21(23-17)19-9-6-12-28-19)10-11-18(20)30-31(25,26)16-7-4-3-5-8-16/h3-14H,2H2,1H3/b17-13+. The monoisotopic (exact) mass is 439 g/mol. The number of ether oxygens (including phenoxy) is 2. The summed E-state index contributed by atoms with van der Waals surface area (Å²) in [6.45, 7) is 2.04. The molecule has 1 aliphatic heterocycles. The summed E-state index contributed by atoms with van der Waals surface area (Å²) in [5.41, 5.74) is 0.615. The molecule has 1 aliphatic rings. The molecule has 0 amide bonds. The van der Waals surface area contributed by atoms with Gasteiger partial charge < -0.3 is 18.1 Å². The number of nitrogens with zero attached hydrogens (tertiary/aromatic N) is 1. The molecule has 0 aliphatic carbocycles. The Hall–Kier alpha value is -3.85. The molecule has 0 N–H and O–H groups in total. The summed E-state index contributed by atoms with van der Waals surface area (Å²) < 4.78 is 46.2. The van der Waals surface area contributed by atoms with Gasteiger partial charge >= 0.3 is 16.1 Å². The molecule has 3 aromatic rings. The van der Waals surface area contributed by atoms with E-state index in [0.29, 0.717) is 11.3 Å². The minimum absolute atomic E-state index is 0.0251. The van der Waals surface area contributed by atoms with E-state index < -0.39 is 16.1 Å². The third-order valence-electron chi connectivity index (χ3n) is 4.15. The molecule has 2 aromatic carbocycles. The Balaban J connectivity index is 1.63. The average molecular weight is 439 g/mol. The number of cyclic esters (lactones) is 1. The zero-order chi connectivity index (χ0) is 21.8. The number of esters is 1. The van der Waals surface area contributed by atoms with Crippen molar-refractivity contribution in [1.82, 2.24) is 0 Å². The number of aliphatic imine (C=N–C) groups is 1. The van der Waals surface area contributed by atoms with Crippen molar-refractivity contribution in [1.29, 1.82) is 0 Å². The van der Waals surface area contributed by atoms with Crippen LogP contribution in [0.3, 0.4) is 0 Å². The maximum Gasteiger partial charge on any atom is 0.363 e. The highest BCUT2D eigenvalue weighted by Gasteiger charge is 2.26. The van der Waals surface area contributed by atoms with Gasteiger partial charge in [0.15, 0.2) is 23.0 Å². The van der Waals surface area contributed by atoms with Gasteiger partial charge in [-0.3, -0.25) is 0 Å². The normalized spacial score (nSPS) is 14.9. The van der Waals surface area contributed by atoms with Crippen molar-refractivity contribution < 1.29 is 31.3 Å². The van der Waals surface area contributed by atoms with E-state index in [2.05, 4.69) is 4.99 Å². The molecule has 0 atom stereocenters. The Morgan fingerprint density at radius 3 is 2.55 bits per heavy atom. The average Bonchev–Trinajstić information content (AvgIpc) is 3.41. The molecule has 0 fully saturated rings. The molecule has 2 heterocycles. The van der Waals surface area contributed by atoms with Crippen molar-refractivity contribution in [2.75, 3.05) is 6.61 Å². The van der Waals surface area contributed by atoms with Crippen LogP contribution in [0.5, 0.6) is 11.5 Å². The Morgan fingerprint density at radius 1 is 1.03 bits per heavy atom. The molecule has 0 radical (unpaired) electrons. The van der Waals surface area contributed by atoms with Crippen LogP contribution in [0, 0.1) is 0 Å². The molecule has 158 valence electrons. The highest BCUT2D eigenvalue weighted by molar-refractivity contribution is 7.87. The van der Waals surface area contributed by atoms with Crippen molar-refractivity contribution in [3.63, 3.8) is 0 Å². The maximum atomic E-state index is 12.5. The summed E-state index contributed by atoms with van der Waals surface area (Å²) in [5.74, 6) is 0.0118. The van der Waals surface area contributed by atoms with E-state index in [4.69, 9.17) is 18.1 Å². The van der Waals surface area contributed by atoms with E-state index in [1.807, 2.05) is 0 Å². The quantitative estimate of drug-likeness (QED) is 0.313. The number of carbonyl (C=O) groups is 1. The van der Waals surface area contributed by atoms with Crippen LogP contribution in [0.2, 0.25) is 0 Å². The van der Waals surface area contributed by atoms with Gasteiger partial charge in [0.05, 0.1) is 12.9 Å². The lowest BCUT2D eigenvalue weighted by Gasteiger charge is -2.12. The fourth-order valence-electron chi connectivity index (χ4n) is 2.78. The summed E-state index contributed by atoms with van der Waals surface area (Å²) in [5, 5.41) is 0. The molecule has 1 aromatic heterocycles. The number of rotatable bonds is 7. The topological polar surface area (TPSA) is 104 Å². The smallest absolute Gasteiger partial charge is 0.363 e. The molecular weight excluding hydrogens is 422 g/mol. The van der Waals surface area contributed by atoms with E-state index >= 15 is 0 Å². The van der Waals surface area contributed by atoms with Crippen molar-refractivity contribution >= 4 is 28.1 Å². The second kappa shape index (κ2) is 8.49. The van der Waals surface area contributed by atoms with Gasteiger partial charge in [0, 0.05) is 0 Å². The lowest BCUT2D eigenvalue weighted by atomic mass is 10.1. The minimum atomic E-state index is -4.03.